The van der Waals surface area contributed by atoms with Crippen molar-refractivity contribution in [3.05, 3.63) is 113 Å². The second-order valence-electron chi connectivity index (χ2n) is 8.79. The van der Waals surface area contributed by atoms with Crippen LogP contribution >= 0.6 is 11.6 Å². The van der Waals surface area contributed by atoms with Gasteiger partial charge in [0.25, 0.3) is 0 Å². The van der Waals surface area contributed by atoms with Gasteiger partial charge < -0.3 is 9.84 Å². The second kappa shape index (κ2) is 8.18. The lowest BCUT2D eigenvalue weighted by Crippen LogP contribution is -2.16. The molecule has 3 aromatic carbocycles. The van der Waals surface area contributed by atoms with Crippen LogP contribution in [0.4, 0.5) is 0 Å². The number of para-hydroxylation sites is 2. The molecule has 6 aromatic rings. The molecule has 3 aromatic heterocycles. The zero-order chi connectivity index (χ0) is 25.1. The van der Waals surface area contributed by atoms with Crippen molar-refractivity contribution in [1.82, 2.24) is 29.4 Å². The quantitative estimate of drug-likeness (QED) is 0.319. The van der Waals surface area contributed by atoms with Crippen LogP contribution in [0.3, 0.4) is 0 Å². The molecule has 9 heteroatoms. The number of aryl methyl sites for hydroxylation is 1. The zero-order valence-electron chi connectivity index (χ0n) is 19.6. The summed E-state index contributed by atoms with van der Waals surface area (Å²) in [4.78, 5) is 9.45. The predicted octanol–water partition coefficient (Wildman–Crippen LogP) is 5.93. The fraction of sp³-hybridized carbons (Fsp3) is 0.0714. The lowest BCUT2D eigenvalue weighted by atomic mass is 9.84. The Morgan fingerprint density at radius 3 is 2.46 bits per heavy atom. The van der Waals surface area contributed by atoms with E-state index in [2.05, 4.69) is 10.1 Å². The van der Waals surface area contributed by atoms with Crippen LogP contribution in [0.25, 0.3) is 22.7 Å². The van der Waals surface area contributed by atoms with Gasteiger partial charge in [0, 0.05) is 5.02 Å². The van der Waals surface area contributed by atoms with Crippen LogP contribution in [0.15, 0.2) is 85.2 Å². The summed E-state index contributed by atoms with van der Waals surface area (Å²) in [5.74, 6) is 1.11. The molecule has 0 radical (unpaired) electrons. The molecule has 0 spiro atoms. The van der Waals surface area contributed by atoms with Gasteiger partial charge in [-0.15, -0.1) is 5.10 Å². The van der Waals surface area contributed by atoms with Gasteiger partial charge in [0.05, 0.1) is 34.0 Å². The van der Waals surface area contributed by atoms with Crippen LogP contribution in [0.2, 0.25) is 5.02 Å². The smallest absolute Gasteiger partial charge is 0.230 e. The third-order valence-corrected chi connectivity index (χ3v) is 6.93. The average Bonchev–Trinajstić information content (AvgIpc) is 3.50. The summed E-state index contributed by atoms with van der Waals surface area (Å²) < 4.78 is 9.84. The number of aromatic hydroxyl groups is 1. The number of rotatable bonds is 3. The number of benzene rings is 3. The Bertz CT molecular complexity index is 1810. The largest absolute Gasteiger partial charge is 0.507 e. The summed E-state index contributed by atoms with van der Waals surface area (Å²) in [6, 6.07) is 24.5. The van der Waals surface area contributed by atoms with Crippen molar-refractivity contribution < 1.29 is 9.84 Å². The van der Waals surface area contributed by atoms with Gasteiger partial charge in [-0.3, -0.25) is 0 Å². The Kier molecular flexibility index (Phi) is 4.77. The summed E-state index contributed by atoms with van der Waals surface area (Å²) in [5.41, 5.74) is 5.26. The first kappa shape index (κ1) is 21.6. The number of phenolic OH excluding ortho intramolecular Hbond substituents is 1. The number of hydrogen-bond donors (Lipinski definition) is 1. The molecule has 180 valence electrons. The number of ether oxygens (including phenoxy) is 1. The van der Waals surface area contributed by atoms with E-state index >= 15 is 0 Å². The molecule has 0 saturated carbocycles. The lowest BCUT2D eigenvalue weighted by Gasteiger charge is -2.27. The number of halogens is 1. The first-order chi connectivity index (χ1) is 18.1. The maximum absolute atomic E-state index is 10.4. The molecule has 8 nitrogen and oxygen atoms in total. The molecule has 1 aliphatic heterocycles. The van der Waals surface area contributed by atoms with Crippen molar-refractivity contribution in [1.29, 1.82) is 0 Å². The molecule has 0 unspecified atom stereocenters. The fourth-order valence-corrected chi connectivity index (χ4v) is 5.16. The van der Waals surface area contributed by atoms with E-state index in [-0.39, 0.29) is 11.7 Å². The number of hydrogen-bond acceptors (Lipinski definition) is 6. The van der Waals surface area contributed by atoms with Crippen molar-refractivity contribution in [3.63, 3.8) is 0 Å². The van der Waals surface area contributed by atoms with Crippen LogP contribution in [-0.2, 0) is 0 Å². The van der Waals surface area contributed by atoms with E-state index in [1.165, 1.54) is 0 Å². The van der Waals surface area contributed by atoms with Crippen molar-refractivity contribution in [2.75, 3.05) is 0 Å². The highest BCUT2D eigenvalue weighted by Gasteiger charge is 2.39. The van der Waals surface area contributed by atoms with Crippen molar-refractivity contribution in [2.24, 2.45) is 0 Å². The highest BCUT2D eigenvalue weighted by atomic mass is 35.5. The number of aromatic nitrogens is 6. The highest BCUT2D eigenvalue weighted by Crippen LogP contribution is 2.51. The summed E-state index contributed by atoms with van der Waals surface area (Å²) in [5, 5.41) is 20.5. The standard InChI is InChI=1S/C28H19ClN6O2/c1-16-22-23(18-11-5-7-13-20(18)29)24-26-31-25(19-12-6-8-14-21(19)36)33-34(26)15-30-27(24)37-28(22)35(32-16)17-9-3-2-4-10-17/h2-15,23,36H,1H3/t23-/m1/s1. The molecule has 1 aliphatic rings. The Labute approximate surface area is 216 Å². The molecule has 0 amide bonds. The molecule has 37 heavy (non-hydrogen) atoms. The van der Waals surface area contributed by atoms with Gasteiger partial charge >= 0.3 is 0 Å². The van der Waals surface area contributed by atoms with E-state index in [4.69, 9.17) is 26.4 Å². The molecule has 4 heterocycles. The zero-order valence-corrected chi connectivity index (χ0v) is 20.3. The van der Waals surface area contributed by atoms with Crippen LogP contribution in [0.1, 0.15) is 28.3 Å². The van der Waals surface area contributed by atoms with Gasteiger partial charge in [-0.1, -0.05) is 60.1 Å². The third kappa shape index (κ3) is 3.30. The lowest BCUT2D eigenvalue weighted by molar-refractivity contribution is 0.402. The predicted molar refractivity (Wildman–Crippen MR) is 139 cm³/mol. The summed E-state index contributed by atoms with van der Waals surface area (Å²) >= 11 is 6.78. The van der Waals surface area contributed by atoms with E-state index in [0.29, 0.717) is 33.8 Å². The normalized spacial score (nSPS) is 14.3. The van der Waals surface area contributed by atoms with Crippen molar-refractivity contribution in [2.45, 2.75) is 12.8 Å². The first-order valence-electron chi connectivity index (χ1n) is 11.7. The maximum atomic E-state index is 10.4. The average molecular weight is 507 g/mol. The molecular weight excluding hydrogens is 488 g/mol. The number of phenols is 1. The van der Waals surface area contributed by atoms with E-state index < -0.39 is 0 Å². The minimum absolute atomic E-state index is 0.0985. The van der Waals surface area contributed by atoms with Gasteiger partial charge in [-0.05, 0) is 42.8 Å². The molecule has 0 saturated heterocycles. The molecule has 1 N–H and O–H groups in total. The van der Waals surface area contributed by atoms with Crippen LogP contribution in [-0.4, -0.2) is 34.5 Å². The van der Waals surface area contributed by atoms with Gasteiger partial charge in [0.15, 0.2) is 11.5 Å². The maximum Gasteiger partial charge on any atom is 0.230 e. The van der Waals surface area contributed by atoms with Crippen LogP contribution < -0.4 is 4.74 Å². The van der Waals surface area contributed by atoms with Crippen molar-refractivity contribution >= 4 is 17.2 Å². The third-order valence-electron chi connectivity index (χ3n) is 6.58. The van der Waals surface area contributed by atoms with Gasteiger partial charge in [-0.2, -0.15) is 5.10 Å². The molecule has 0 bridgehead atoms. The number of nitrogens with zero attached hydrogens (tertiary/aromatic N) is 6. The van der Waals surface area contributed by atoms with Crippen LogP contribution in [0, 0.1) is 6.92 Å². The minimum atomic E-state index is -0.359. The monoisotopic (exact) mass is 506 g/mol. The first-order valence-corrected chi connectivity index (χ1v) is 12.1. The molecule has 0 fully saturated rings. The summed E-state index contributed by atoms with van der Waals surface area (Å²) in [7, 11) is 0. The summed E-state index contributed by atoms with van der Waals surface area (Å²) in [6.07, 6.45) is 1.56. The molecular formula is C28H19ClN6O2. The van der Waals surface area contributed by atoms with E-state index in [1.807, 2.05) is 67.6 Å². The minimum Gasteiger partial charge on any atom is -0.507 e. The van der Waals surface area contributed by atoms with E-state index in [9.17, 15) is 5.11 Å². The number of fused-ring (bicyclic) bond motifs is 4. The summed E-state index contributed by atoms with van der Waals surface area (Å²) in [6.45, 7) is 1.96. The van der Waals surface area contributed by atoms with Crippen molar-refractivity contribution in [3.8, 4) is 34.6 Å². The van der Waals surface area contributed by atoms with E-state index in [1.54, 1.807) is 33.7 Å². The van der Waals surface area contributed by atoms with Crippen LogP contribution in [0.5, 0.6) is 17.5 Å². The Morgan fingerprint density at radius 2 is 1.65 bits per heavy atom. The molecule has 7 rings (SSSR count). The SMILES string of the molecule is Cc1nn(-c2ccccc2)c2c1[C@@H](c1ccccc1Cl)c1c(ncn3nc(-c4ccccc4O)nc13)O2. The topological polar surface area (TPSA) is 90.4 Å². The Morgan fingerprint density at radius 1 is 0.892 bits per heavy atom. The second-order valence-corrected chi connectivity index (χ2v) is 9.20. The van der Waals surface area contributed by atoms with Gasteiger partial charge in [-0.25, -0.2) is 19.2 Å². The Hall–Kier alpha value is -4.69. The highest BCUT2D eigenvalue weighted by molar-refractivity contribution is 6.31. The Balaban J connectivity index is 1.52. The molecule has 1 atom stereocenters. The van der Waals surface area contributed by atoms with Gasteiger partial charge in [0.1, 0.15) is 12.1 Å². The fourth-order valence-electron chi connectivity index (χ4n) is 4.92. The van der Waals surface area contributed by atoms with E-state index in [0.717, 1.165) is 28.1 Å². The van der Waals surface area contributed by atoms with Gasteiger partial charge in [0.2, 0.25) is 11.8 Å². The molecule has 0 aliphatic carbocycles.